The molecule has 0 saturated heterocycles. The molecule has 1 aliphatic carbocycles. The minimum Gasteiger partial charge on any atom is -0.494 e. The first-order chi connectivity index (χ1) is 11.0. The molecule has 2 amide bonds. The molecular formula is C17H23N3O3. The molecule has 6 heteroatoms. The first-order valence-electron chi connectivity index (χ1n) is 7.91. The molecule has 2 rings (SSSR count). The van der Waals surface area contributed by atoms with Gasteiger partial charge in [-0.3, -0.25) is 9.59 Å². The number of carbonyl (C=O) groups excluding carboxylic acids is 2. The van der Waals surface area contributed by atoms with Crippen LogP contribution >= 0.6 is 0 Å². The van der Waals surface area contributed by atoms with E-state index in [1.54, 1.807) is 0 Å². The number of rotatable bonds is 7. The monoisotopic (exact) mass is 317 g/mol. The lowest BCUT2D eigenvalue weighted by Gasteiger charge is -2.07. The number of benzene rings is 1. The lowest BCUT2D eigenvalue weighted by molar-refractivity contribution is -0.139. The Labute approximate surface area is 136 Å². The van der Waals surface area contributed by atoms with E-state index in [2.05, 4.69) is 29.7 Å². The summed E-state index contributed by atoms with van der Waals surface area (Å²) in [6, 6.07) is 7.53. The number of nitrogens with zero attached hydrogens (tertiary/aromatic N) is 1. The van der Waals surface area contributed by atoms with Crippen molar-refractivity contribution in [1.82, 2.24) is 10.7 Å². The van der Waals surface area contributed by atoms with E-state index in [4.69, 9.17) is 4.74 Å². The fourth-order valence-corrected chi connectivity index (χ4v) is 1.76. The van der Waals surface area contributed by atoms with Crippen molar-refractivity contribution in [3.05, 3.63) is 29.8 Å². The van der Waals surface area contributed by atoms with Gasteiger partial charge in [0.05, 0.1) is 12.8 Å². The molecule has 0 radical (unpaired) electrons. The standard InChI is InChI=1S/C17H23N3O3/c1-12(2)9-10-23-15-7-3-13(4-8-15)11-18-20-17(22)16(21)19-14-5-6-14/h3-4,7-8,11-12,14H,5-6,9-10H2,1-2H3,(H,19,21)(H,20,22)/b18-11-. The smallest absolute Gasteiger partial charge is 0.329 e. The van der Waals surface area contributed by atoms with Crippen molar-refractivity contribution in [2.75, 3.05) is 6.61 Å². The van der Waals surface area contributed by atoms with E-state index >= 15 is 0 Å². The Morgan fingerprint density at radius 1 is 1.26 bits per heavy atom. The maximum Gasteiger partial charge on any atom is 0.329 e. The van der Waals surface area contributed by atoms with E-state index in [0.29, 0.717) is 12.5 Å². The highest BCUT2D eigenvalue weighted by atomic mass is 16.5. The van der Waals surface area contributed by atoms with Crippen molar-refractivity contribution >= 4 is 18.0 Å². The van der Waals surface area contributed by atoms with Crippen molar-refractivity contribution in [3.8, 4) is 5.75 Å². The minimum absolute atomic E-state index is 0.153. The van der Waals surface area contributed by atoms with E-state index in [1.807, 2.05) is 24.3 Å². The Bertz CT molecular complexity index is 563. The summed E-state index contributed by atoms with van der Waals surface area (Å²) in [6.07, 6.45) is 4.38. The van der Waals surface area contributed by atoms with E-state index in [0.717, 1.165) is 30.6 Å². The van der Waals surface area contributed by atoms with Crippen LogP contribution in [-0.4, -0.2) is 30.7 Å². The average Bonchev–Trinajstić information content (AvgIpc) is 3.32. The zero-order valence-electron chi connectivity index (χ0n) is 13.5. The fourth-order valence-electron chi connectivity index (χ4n) is 1.76. The van der Waals surface area contributed by atoms with Crippen LogP contribution in [-0.2, 0) is 9.59 Å². The molecule has 1 fully saturated rings. The highest BCUT2D eigenvalue weighted by Gasteiger charge is 2.26. The quantitative estimate of drug-likeness (QED) is 0.457. The van der Waals surface area contributed by atoms with Gasteiger partial charge in [0.15, 0.2) is 0 Å². The molecule has 1 aromatic rings. The highest BCUT2D eigenvalue weighted by Crippen LogP contribution is 2.18. The third-order valence-electron chi connectivity index (χ3n) is 3.34. The van der Waals surface area contributed by atoms with Gasteiger partial charge in [0.2, 0.25) is 0 Å². The molecule has 23 heavy (non-hydrogen) atoms. The van der Waals surface area contributed by atoms with Crippen LogP contribution in [0.25, 0.3) is 0 Å². The normalized spacial score (nSPS) is 14.0. The number of hydrogen-bond acceptors (Lipinski definition) is 4. The molecule has 0 atom stereocenters. The summed E-state index contributed by atoms with van der Waals surface area (Å²) in [5.41, 5.74) is 3.02. The van der Waals surface area contributed by atoms with Gasteiger partial charge in [-0.1, -0.05) is 13.8 Å². The molecule has 124 valence electrons. The lowest BCUT2D eigenvalue weighted by atomic mass is 10.1. The van der Waals surface area contributed by atoms with E-state index in [9.17, 15) is 9.59 Å². The van der Waals surface area contributed by atoms with Crippen LogP contribution in [0.1, 0.15) is 38.7 Å². The third-order valence-corrected chi connectivity index (χ3v) is 3.34. The van der Waals surface area contributed by atoms with Crippen LogP contribution in [0.3, 0.4) is 0 Å². The van der Waals surface area contributed by atoms with Crippen molar-refractivity contribution in [3.63, 3.8) is 0 Å². The molecule has 1 aromatic carbocycles. The molecule has 1 saturated carbocycles. The molecule has 1 aliphatic rings. The van der Waals surface area contributed by atoms with Crippen LogP contribution in [0.5, 0.6) is 5.75 Å². The second kappa shape index (κ2) is 8.31. The Morgan fingerprint density at radius 3 is 2.57 bits per heavy atom. The predicted molar refractivity (Wildman–Crippen MR) is 88.3 cm³/mol. The summed E-state index contributed by atoms with van der Waals surface area (Å²) in [5, 5.41) is 6.37. The molecule has 0 unspecified atom stereocenters. The fraction of sp³-hybridized carbons (Fsp3) is 0.471. The molecule has 2 N–H and O–H groups in total. The zero-order chi connectivity index (χ0) is 16.7. The summed E-state index contributed by atoms with van der Waals surface area (Å²) >= 11 is 0. The van der Waals surface area contributed by atoms with Gasteiger partial charge < -0.3 is 10.1 Å². The Balaban J connectivity index is 1.73. The van der Waals surface area contributed by atoms with Crippen LogP contribution in [0.4, 0.5) is 0 Å². The van der Waals surface area contributed by atoms with Gasteiger partial charge in [-0.05, 0) is 55.0 Å². The summed E-state index contributed by atoms with van der Waals surface area (Å²) in [6.45, 7) is 5.00. The van der Waals surface area contributed by atoms with Crippen molar-refractivity contribution in [2.24, 2.45) is 11.0 Å². The van der Waals surface area contributed by atoms with Gasteiger partial charge in [0.1, 0.15) is 5.75 Å². The second-order valence-electron chi connectivity index (χ2n) is 6.05. The SMILES string of the molecule is CC(C)CCOc1ccc(/C=N\NC(=O)C(=O)NC2CC2)cc1. The molecule has 6 nitrogen and oxygen atoms in total. The lowest BCUT2D eigenvalue weighted by Crippen LogP contribution is -2.38. The number of ether oxygens (including phenoxy) is 1. The molecule has 0 aliphatic heterocycles. The minimum atomic E-state index is -0.748. The maximum atomic E-state index is 11.5. The highest BCUT2D eigenvalue weighted by molar-refractivity contribution is 6.35. The molecule has 0 spiro atoms. The molecular weight excluding hydrogens is 294 g/mol. The summed E-state index contributed by atoms with van der Waals surface area (Å²) in [4.78, 5) is 22.9. The first kappa shape index (κ1) is 17.0. The largest absolute Gasteiger partial charge is 0.494 e. The Kier molecular flexibility index (Phi) is 6.14. The van der Waals surface area contributed by atoms with Gasteiger partial charge in [0.25, 0.3) is 0 Å². The maximum absolute atomic E-state index is 11.5. The van der Waals surface area contributed by atoms with Gasteiger partial charge in [0, 0.05) is 6.04 Å². The van der Waals surface area contributed by atoms with Crippen LogP contribution < -0.4 is 15.5 Å². The molecule has 0 bridgehead atoms. The van der Waals surface area contributed by atoms with Crippen LogP contribution in [0, 0.1) is 5.92 Å². The van der Waals surface area contributed by atoms with Gasteiger partial charge in [-0.2, -0.15) is 5.10 Å². The van der Waals surface area contributed by atoms with Gasteiger partial charge >= 0.3 is 11.8 Å². The van der Waals surface area contributed by atoms with E-state index < -0.39 is 11.8 Å². The Morgan fingerprint density at radius 2 is 1.96 bits per heavy atom. The van der Waals surface area contributed by atoms with Gasteiger partial charge in [-0.15, -0.1) is 0 Å². The van der Waals surface area contributed by atoms with Crippen molar-refractivity contribution in [2.45, 2.75) is 39.2 Å². The number of hydrogen-bond donors (Lipinski definition) is 2. The zero-order valence-corrected chi connectivity index (χ0v) is 13.5. The van der Waals surface area contributed by atoms with Crippen LogP contribution in [0.2, 0.25) is 0 Å². The summed E-state index contributed by atoms with van der Waals surface area (Å²) < 4.78 is 5.62. The Hall–Kier alpha value is -2.37. The average molecular weight is 317 g/mol. The second-order valence-corrected chi connectivity index (χ2v) is 6.05. The summed E-state index contributed by atoms with van der Waals surface area (Å²) in [7, 11) is 0. The summed E-state index contributed by atoms with van der Waals surface area (Å²) in [5.74, 6) is 0.0260. The van der Waals surface area contributed by atoms with E-state index in [1.165, 1.54) is 6.21 Å². The number of carbonyl (C=O) groups is 2. The predicted octanol–water partition coefficient (Wildman–Crippen LogP) is 1.84. The molecule has 0 aromatic heterocycles. The number of amides is 2. The first-order valence-corrected chi connectivity index (χ1v) is 7.91. The van der Waals surface area contributed by atoms with Crippen molar-refractivity contribution < 1.29 is 14.3 Å². The van der Waals surface area contributed by atoms with E-state index in [-0.39, 0.29) is 6.04 Å². The topological polar surface area (TPSA) is 79.8 Å². The number of hydrazone groups is 1. The molecule has 0 heterocycles. The number of nitrogens with one attached hydrogen (secondary N) is 2. The third kappa shape index (κ3) is 6.50. The van der Waals surface area contributed by atoms with Crippen molar-refractivity contribution in [1.29, 1.82) is 0 Å². The van der Waals surface area contributed by atoms with Crippen LogP contribution in [0.15, 0.2) is 29.4 Å². The van der Waals surface area contributed by atoms with Gasteiger partial charge in [-0.25, -0.2) is 5.43 Å².